The molecular weight excluding hydrogens is 400 g/mol. The number of esters is 1. The van der Waals surface area contributed by atoms with E-state index in [1.165, 1.54) is 0 Å². The summed E-state index contributed by atoms with van der Waals surface area (Å²) in [5, 5.41) is 3.27. The lowest BCUT2D eigenvalue weighted by Gasteiger charge is -2.35. The molecule has 2 unspecified atom stereocenters. The lowest BCUT2D eigenvalue weighted by molar-refractivity contribution is -0.140. The van der Waals surface area contributed by atoms with E-state index in [9.17, 15) is 9.59 Å². The highest BCUT2D eigenvalue weighted by atomic mass is 16.5. The van der Waals surface area contributed by atoms with Crippen molar-refractivity contribution in [2.24, 2.45) is 11.7 Å². The monoisotopic (exact) mass is 430 g/mol. The predicted molar refractivity (Wildman–Crippen MR) is 125 cm³/mol. The van der Waals surface area contributed by atoms with Gasteiger partial charge in [-0.3, -0.25) is 4.79 Å². The van der Waals surface area contributed by atoms with E-state index in [0.717, 1.165) is 28.8 Å². The number of nitrogens with one attached hydrogen (secondary N) is 1. The highest BCUT2D eigenvalue weighted by Gasteiger charge is 2.39. The molecule has 0 bridgehead atoms. The molecule has 5 heteroatoms. The summed E-state index contributed by atoms with van der Waals surface area (Å²) in [6, 6.07) is 18.0. The van der Waals surface area contributed by atoms with Crippen molar-refractivity contribution < 1.29 is 14.3 Å². The van der Waals surface area contributed by atoms with Crippen molar-refractivity contribution in [2.75, 3.05) is 6.61 Å². The fourth-order valence-electron chi connectivity index (χ4n) is 4.46. The van der Waals surface area contributed by atoms with Gasteiger partial charge in [-0.15, -0.1) is 0 Å². The van der Waals surface area contributed by atoms with Crippen molar-refractivity contribution in [3.05, 3.63) is 94.3 Å². The molecule has 2 aliphatic rings. The van der Waals surface area contributed by atoms with Gasteiger partial charge in [-0.1, -0.05) is 68.4 Å². The molecule has 0 saturated heterocycles. The van der Waals surface area contributed by atoms with Crippen LogP contribution in [0.1, 0.15) is 55.2 Å². The van der Waals surface area contributed by atoms with E-state index in [1.54, 1.807) is 6.20 Å². The number of rotatable bonds is 6. The SMILES string of the molecule is CC(C)COC(=O)C1=CNC2=C(C(=O)CC(c3ccccc3)C2)C1c1ccc(CN)cc1. The Morgan fingerprint density at radius 3 is 2.44 bits per heavy atom. The molecule has 0 saturated carbocycles. The number of ether oxygens (including phenoxy) is 1. The first-order valence-corrected chi connectivity index (χ1v) is 11.2. The second-order valence-electron chi connectivity index (χ2n) is 8.95. The quantitative estimate of drug-likeness (QED) is 0.667. The Bertz CT molecular complexity index is 1050. The molecule has 0 fully saturated rings. The zero-order valence-electron chi connectivity index (χ0n) is 18.6. The minimum absolute atomic E-state index is 0.0720. The van der Waals surface area contributed by atoms with Crippen LogP contribution >= 0.6 is 0 Å². The maximum atomic E-state index is 13.5. The van der Waals surface area contributed by atoms with Crippen LogP contribution in [0, 0.1) is 5.92 Å². The molecule has 2 aromatic rings. The molecule has 0 amide bonds. The normalized spacial score (nSPS) is 20.5. The Morgan fingerprint density at radius 1 is 1.06 bits per heavy atom. The highest BCUT2D eigenvalue weighted by molar-refractivity contribution is 6.03. The summed E-state index contributed by atoms with van der Waals surface area (Å²) in [4.78, 5) is 26.4. The summed E-state index contributed by atoms with van der Waals surface area (Å²) in [7, 11) is 0. The Morgan fingerprint density at radius 2 is 1.78 bits per heavy atom. The van der Waals surface area contributed by atoms with E-state index in [0.29, 0.717) is 30.7 Å². The highest BCUT2D eigenvalue weighted by Crippen LogP contribution is 2.44. The first-order valence-electron chi connectivity index (χ1n) is 11.2. The molecule has 1 aliphatic carbocycles. The van der Waals surface area contributed by atoms with E-state index in [1.807, 2.05) is 56.3 Å². The number of dihydropyridines is 1. The molecule has 0 aromatic heterocycles. The second kappa shape index (κ2) is 9.53. The molecule has 4 rings (SSSR count). The van der Waals surface area contributed by atoms with Crippen molar-refractivity contribution >= 4 is 11.8 Å². The molecule has 2 aromatic carbocycles. The lowest BCUT2D eigenvalue weighted by Crippen LogP contribution is -2.34. The molecule has 2 atom stereocenters. The summed E-state index contributed by atoms with van der Waals surface area (Å²) in [6.45, 7) is 4.78. The number of nitrogens with two attached hydrogens (primary N) is 1. The van der Waals surface area contributed by atoms with Crippen LogP contribution in [0.2, 0.25) is 0 Å². The predicted octanol–water partition coefficient (Wildman–Crippen LogP) is 4.32. The Labute approximate surface area is 189 Å². The zero-order valence-corrected chi connectivity index (χ0v) is 18.6. The number of ketones is 1. The summed E-state index contributed by atoms with van der Waals surface area (Å²) in [5.74, 6) is -0.400. The number of hydrogen-bond donors (Lipinski definition) is 2. The largest absolute Gasteiger partial charge is 0.462 e. The zero-order chi connectivity index (χ0) is 22.7. The van der Waals surface area contributed by atoms with Crippen molar-refractivity contribution in [2.45, 2.75) is 45.1 Å². The van der Waals surface area contributed by atoms with Crippen molar-refractivity contribution in [3.8, 4) is 0 Å². The third-order valence-electron chi connectivity index (χ3n) is 6.11. The molecule has 1 heterocycles. The molecule has 3 N–H and O–H groups in total. The topological polar surface area (TPSA) is 81.4 Å². The van der Waals surface area contributed by atoms with E-state index < -0.39 is 5.92 Å². The third-order valence-corrected chi connectivity index (χ3v) is 6.11. The van der Waals surface area contributed by atoms with Crippen LogP contribution in [0.5, 0.6) is 0 Å². The second-order valence-corrected chi connectivity index (χ2v) is 8.95. The van der Waals surface area contributed by atoms with Crippen LogP contribution in [0.4, 0.5) is 0 Å². The van der Waals surface area contributed by atoms with Crippen molar-refractivity contribution in [1.82, 2.24) is 5.32 Å². The maximum Gasteiger partial charge on any atom is 0.336 e. The van der Waals surface area contributed by atoms with Gasteiger partial charge < -0.3 is 15.8 Å². The summed E-state index contributed by atoms with van der Waals surface area (Å²) in [5.41, 5.74) is 10.9. The Hall–Kier alpha value is -3.18. The molecule has 0 spiro atoms. The van der Waals surface area contributed by atoms with Gasteiger partial charge in [-0.25, -0.2) is 4.79 Å². The van der Waals surface area contributed by atoms with Gasteiger partial charge in [0, 0.05) is 36.4 Å². The first-order chi connectivity index (χ1) is 15.5. The van der Waals surface area contributed by atoms with E-state index in [2.05, 4.69) is 17.4 Å². The Balaban J connectivity index is 1.71. The van der Waals surface area contributed by atoms with Crippen molar-refractivity contribution in [1.29, 1.82) is 0 Å². The standard InChI is InChI=1S/C27H30N2O3/c1-17(2)16-32-27(31)22-15-29-23-12-21(19-6-4-3-5-7-19)13-24(30)26(23)25(22)20-10-8-18(14-28)9-11-20/h3-11,15,17,21,25,29H,12-14,16,28H2,1-2H3. The summed E-state index contributed by atoms with van der Waals surface area (Å²) in [6.07, 6.45) is 2.88. The van der Waals surface area contributed by atoms with Gasteiger partial charge in [0.1, 0.15) is 0 Å². The fraction of sp³-hybridized carbons (Fsp3) is 0.333. The average molecular weight is 431 g/mol. The van der Waals surface area contributed by atoms with E-state index in [-0.39, 0.29) is 23.6 Å². The van der Waals surface area contributed by atoms with Gasteiger partial charge in [-0.05, 0) is 34.9 Å². The summed E-state index contributed by atoms with van der Waals surface area (Å²) < 4.78 is 5.54. The molecule has 0 radical (unpaired) electrons. The van der Waals surface area contributed by atoms with Gasteiger partial charge >= 0.3 is 5.97 Å². The van der Waals surface area contributed by atoms with Crippen LogP contribution in [0.25, 0.3) is 0 Å². The van der Waals surface area contributed by atoms with Gasteiger partial charge in [0.2, 0.25) is 0 Å². The first kappa shape index (κ1) is 22.0. The van der Waals surface area contributed by atoms with Crippen LogP contribution in [0.15, 0.2) is 77.6 Å². The molecule has 32 heavy (non-hydrogen) atoms. The molecule has 166 valence electrons. The maximum absolute atomic E-state index is 13.5. The number of carbonyl (C=O) groups is 2. The number of hydrogen-bond acceptors (Lipinski definition) is 5. The van der Waals surface area contributed by atoms with Gasteiger partial charge in [0.25, 0.3) is 0 Å². The van der Waals surface area contributed by atoms with Crippen LogP contribution < -0.4 is 11.1 Å². The number of Topliss-reactive ketones (excluding diaryl/α,β-unsaturated/α-hetero) is 1. The van der Waals surface area contributed by atoms with Crippen LogP contribution in [-0.2, 0) is 20.9 Å². The fourth-order valence-corrected chi connectivity index (χ4v) is 4.46. The number of allylic oxidation sites excluding steroid dienone is 2. The lowest BCUT2D eigenvalue weighted by atomic mass is 9.72. The number of benzene rings is 2. The van der Waals surface area contributed by atoms with Gasteiger partial charge in [-0.2, -0.15) is 0 Å². The Kier molecular flexibility index (Phi) is 6.56. The van der Waals surface area contributed by atoms with Crippen molar-refractivity contribution in [3.63, 3.8) is 0 Å². The van der Waals surface area contributed by atoms with E-state index >= 15 is 0 Å². The van der Waals surface area contributed by atoms with Gasteiger partial charge in [0.15, 0.2) is 5.78 Å². The van der Waals surface area contributed by atoms with Gasteiger partial charge in [0.05, 0.1) is 12.2 Å². The smallest absolute Gasteiger partial charge is 0.336 e. The summed E-state index contributed by atoms with van der Waals surface area (Å²) >= 11 is 0. The number of carbonyl (C=O) groups excluding carboxylic acids is 2. The molecule has 1 aliphatic heterocycles. The van der Waals surface area contributed by atoms with E-state index in [4.69, 9.17) is 10.5 Å². The molecular formula is C27H30N2O3. The minimum atomic E-state index is -0.443. The van der Waals surface area contributed by atoms with Crippen LogP contribution in [0.3, 0.4) is 0 Å². The van der Waals surface area contributed by atoms with Crippen LogP contribution in [-0.4, -0.2) is 18.4 Å². The average Bonchev–Trinajstić information content (AvgIpc) is 2.82. The molecule has 5 nitrogen and oxygen atoms in total. The minimum Gasteiger partial charge on any atom is -0.462 e. The third kappa shape index (κ3) is 4.53.